The van der Waals surface area contributed by atoms with E-state index in [2.05, 4.69) is 4.98 Å². The van der Waals surface area contributed by atoms with Crippen LogP contribution in [0.5, 0.6) is 11.5 Å². The minimum atomic E-state index is -3.82. The van der Waals surface area contributed by atoms with Gasteiger partial charge in [0.25, 0.3) is 0 Å². The molecular weight excluding hydrogens is 323 g/mol. The summed E-state index contributed by atoms with van der Waals surface area (Å²) in [5.41, 5.74) is 0. The van der Waals surface area contributed by atoms with Crippen LogP contribution in [0.2, 0.25) is 0 Å². The van der Waals surface area contributed by atoms with Crippen molar-refractivity contribution in [3.8, 4) is 11.5 Å². The first-order chi connectivity index (χ1) is 11.0. The van der Waals surface area contributed by atoms with Gasteiger partial charge in [0.15, 0.2) is 0 Å². The van der Waals surface area contributed by atoms with Crippen molar-refractivity contribution in [2.75, 3.05) is 20.2 Å². The Hall–Kier alpha value is -2.19. The van der Waals surface area contributed by atoms with Crippen molar-refractivity contribution in [1.82, 2.24) is 9.29 Å². The Balaban J connectivity index is 1.72. The first kappa shape index (κ1) is 15.7. The van der Waals surface area contributed by atoms with Crippen molar-refractivity contribution in [3.05, 3.63) is 48.5 Å². The van der Waals surface area contributed by atoms with E-state index in [-0.39, 0.29) is 29.8 Å². The molecule has 122 valence electrons. The predicted octanol–water partition coefficient (Wildman–Crippen LogP) is 1.68. The standard InChI is InChI=1S/C15H15FN2O4S/c1-21-14-5-4-11(16)7-15(14)23(19,20)18-9-13(10-18)22-12-3-2-6-17-8-12/h2-8,13H,9-10H2,1H3. The maximum absolute atomic E-state index is 13.4. The number of hydrogen-bond acceptors (Lipinski definition) is 5. The largest absolute Gasteiger partial charge is 0.495 e. The van der Waals surface area contributed by atoms with Crippen molar-refractivity contribution in [2.24, 2.45) is 0 Å². The first-order valence-electron chi connectivity index (χ1n) is 6.91. The molecule has 0 bridgehead atoms. The molecule has 0 radical (unpaired) electrons. The third-order valence-corrected chi connectivity index (χ3v) is 5.35. The van der Waals surface area contributed by atoms with Gasteiger partial charge in [-0.05, 0) is 30.3 Å². The van der Waals surface area contributed by atoms with Crippen molar-refractivity contribution >= 4 is 10.0 Å². The van der Waals surface area contributed by atoms with Crippen molar-refractivity contribution in [1.29, 1.82) is 0 Å². The third kappa shape index (κ3) is 3.13. The van der Waals surface area contributed by atoms with E-state index >= 15 is 0 Å². The van der Waals surface area contributed by atoms with E-state index in [1.807, 2.05) is 0 Å². The lowest BCUT2D eigenvalue weighted by atomic mass is 10.2. The number of nitrogens with zero attached hydrogens (tertiary/aromatic N) is 2. The first-order valence-corrected chi connectivity index (χ1v) is 8.35. The van der Waals surface area contributed by atoms with Gasteiger partial charge in [-0.3, -0.25) is 4.98 Å². The van der Waals surface area contributed by atoms with Gasteiger partial charge in [0.05, 0.1) is 26.4 Å². The van der Waals surface area contributed by atoms with E-state index in [1.54, 1.807) is 24.5 Å². The molecule has 6 nitrogen and oxygen atoms in total. The molecule has 0 saturated carbocycles. The van der Waals surface area contributed by atoms with Gasteiger partial charge in [-0.1, -0.05) is 0 Å². The third-order valence-electron chi connectivity index (χ3n) is 3.50. The van der Waals surface area contributed by atoms with Crippen molar-refractivity contribution in [3.63, 3.8) is 0 Å². The van der Waals surface area contributed by atoms with Gasteiger partial charge in [0.1, 0.15) is 28.3 Å². The summed E-state index contributed by atoms with van der Waals surface area (Å²) in [5, 5.41) is 0. The summed E-state index contributed by atoms with van der Waals surface area (Å²) in [6, 6.07) is 6.90. The Morgan fingerprint density at radius 3 is 2.74 bits per heavy atom. The van der Waals surface area contributed by atoms with Gasteiger partial charge >= 0.3 is 0 Å². The zero-order valence-corrected chi connectivity index (χ0v) is 13.2. The van der Waals surface area contributed by atoms with E-state index < -0.39 is 15.8 Å². The normalized spacial score (nSPS) is 15.9. The number of pyridine rings is 1. The van der Waals surface area contributed by atoms with Crippen LogP contribution < -0.4 is 9.47 Å². The monoisotopic (exact) mass is 338 g/mol. The summed E-state index contributed by atoms with van der Waals surface area (Å²) >= 11 is 0. The average Bonchev–Trinajstić information content (AvgIpc) is 2.51. The molecule has 23 heavy (non-hydrogen) atoms. The van der Waals surface area contributed by atoms with E-state index in [9.17, 15) is 12.8 Å². The highest BCUT2D eigenvalue weighted by Gasteiger charge is 2.39. The molecule has 0 atom stereocenters. The SMILES string of the molecule is COc1ccc(F)cc1S(=O)(=O)N1CC(Oc2cccnc2)C1. The van der Waals surface area contributed by atoms with Crippen LogP contribution in [0.4, 0.5) is 4.39 Å². The van der Waals surface area contributed by atoms with Gasteiger partial charge in [-0.2, -0.15) is 4.31 Å². The molecule has 0 unspecified atom stereocenters. The zero-order chi connectivity index (χ0) is 16.4. The number of rotatable bonds is 5. The van der Waals surface area contributed by atoms with E-state index in [0.29, 0.717) is 5.75 Å². The van der Waals surface area contributed by atoms with E-state index in [0.717, 1.165) is 12.1 Å². The molecule has 1 aromatic carbocycles. The molecule has 8 heteroatoms. The smallest absolute Gasteiger partial charge is 0.247 e. The molecule has 1 aliphatic rings. The summed E-state index contributed by atoms with van der Waals surface area (Å²) < 4.78 is 50.4. The Kier molecular flexibility index (Phi) is 4.18. The highest BCUT2D eigenvalue weighted by Crippen LogP contribution is 2.30. The zero-order valence-electron chi connectivity index (χ0n) is 12.3. The summed E-state index contributed by atoms with van der Waals surface area (Å²) in [6.07, 6.45) is 2.93. The van der Waals surface area contributed by atoms with E-state index in [1.165, 1.54) is 17.5 Å². The molecular formula is C15H15FN2O4S. The van der Waals surface area contributed by atoms with Crippen LogP contribution in [-0.4, -0.2) is 44.0 Å². The van der Waals surface area contributed by atoms with Crippen LogP contribution >= 0.6 is 0 Å². The number of methoxy groups -OCH3 is 1. The quantitative estimate of drug-likeness (QED) is 0.830. The Morgan fingerprint density at radius 2 is 2.09 bits per heavy atom. The molecule has 2 heterocycles. The van der Waals surface area contributed by atoms with Gasteiger partial charge in [0, 0.05) is 6.20 Å². The van der Waals surface area contributed by atoms with Gasteiger partial charge in [-0.15, -0.1) is 0 Å². The van der Waals surface area contributed by atoms with Crippen LogP contribution in [0.15, 0.2) is 47.6 Å². The molecule has 1 aliphatic heterocycles. The van der Waals surface area contributed by atoms with Crippen LogP contribution in [0, 0.1) is 5.82 Å². The molecule has 1 fully saturated rings. The van der Waals surface area contributed by atoms with Crippen molar-refractivity contribution < 1.29 is 22.3 Å². The second-order valence-corrected chi connectivity index (χ2v) is 6.95. The molecule has 2 aromatic rings. The fourth-order valence-electron chi connectivity index (χ4n) is 2.27. The molecule has 0 amide bonds. The fraction of sp³-hybridized carbons (Fsp3) is 0.267. The van der Waals surface area contributed by atoms with Gasteiger partial charge in [-0.25, -0.2) is 12.8 Å². The molecule has 0 aliphatic carbocycles. The Labute approximate surface area is 133 Å². The van der Waals surface area contributed by atoms with Gasteiger partial charge < -0.3 is 9.47 Å². The molecule has 1 aromatic heterocycles. The Morgan fingerprint density at radius 1 is 1.30 bits per heavy atom. The lowest BCUT2D eigenvalue weighted by molar-refractivity contribution is 0.0757. The van der Waals surface area contributed by atoms with Crippen LogP contribution in [0.3, 0.4) is 0 Å². The second kappa shape index (κ2) is 6.13. The molecule has 0 N–H and O–H groups in total. The lowest BCUT2D eigenvalue weighted by Crippen LogP contribution is -2.56. The molecule has 1 saturated heterocycles. The summed E-state index contributed by atoms with van der Waals surface area (Å²) in [4.78, 5) is 3.75. The van der Waals surface area contributed by atoms with Crippen molar-refractivity contribution in [2.45, 2.75) is 11.0 Å². The summed E-state index contributed by atoms with van der Waals surface area (Å²) in [5.74, 6) is 0.0639. The maximum Gasteiger partial charge on any atom is 0.247 e. The van der Waals surface area contributed by atoms with Crippen LogP contribution in [-0.2, 0) is 10.0 Å². The minimum Gasteiger partial charge on any atom is -0.495 e. The van der Waals surface area contributed by atoms with E-state index in [4.69, 9.17) is 9.47 Å². The number of ether oxygens (including phenoxy) is 2. The summed E-state index contributed by atoms with van der Waals surface area (Å²) in [6.45, 7) is 0.383. The Bertz CT molecular complexity index is 792. The predicted molar refractivity (Wildman–Crippen MR) is 80.4 cm³/mol. The average molecular weight is 338 g/mol. The molecule has 3 rings (SSSR count). The molecule has 0 spiro atoms. The van der Waals surface area contributed by atoms with Crippen LogP contribution in [0.25, 0.3) is 0 Å². The number of hydrogen-bond donors (Lipinski definition) is 0. The maximum atomic E-state index is 13.4. The lowest BCUT2D eigenvalue weighted by Gasteiger charge is -2.37. The highest BCUT2D eigenvalue weighted by molar-refractivity contribution is 7.89. The number of aromatic nitrogens is 1. The topological polar surface area (TPSA) is 68.7 Å². The fourth-order valence-corrected chi connectivity index (χ4v) is 3.94. The van der Waals surface area contributed by atoms with Gasteiger partial charge in [0.2, 0.25) is 10.0 Å². The number of sulfonamides is 1. The summed E-state index contributed by atoms with van der Waals surface area (Å²) in [7, 11) is -2.48. The second-order valence-electron chi connectivity index (χ2n) is 5.05. The highest BCUT2D eigenvalue weighted by atomic mass is 32.2. The number of halogens is 1. The van der Waals surface area contributed by atoms with Crippen LogP contribution in [0.1, 0.15) is 0 Å². The number of benzene rings is 1. The minimum absolute atomic E-state index is 0.114.